The largest absolute Gasteiger partial charge is 0.348 e. The first kappa shape index (κ1) is 15.7. The van der Waals surface area contributed by atoms with E-state index in [2.05, 4.69) is 24.5 Å². The fourth-order valence-electron chi connectivity index (χ4n) is 2.70. The third-order valence-corrected chi connectivity index (χ3v) is 3.87. The van der Waals surface area contributed by atoms with Crippen LogP contribution in [0.3, 0.4) is 0 Å². The third kappa shape index (κ3) is 4.15. The summed E-state index contributed by atoms with van der Waals surface area (Å²) in [5, 5.41) is 6.20. The van der Waals surface area contributed by atoms with Gasteiger partial charge in [0.05, 0.1) is 25.3 Å². The first-order chi connectivity index (χ1) is 9.51. The van der Waals surface area contributed by atoms with Gasteiger partial charge >= 0.3 is 0 Å². The minimum absolute atomic E-state index is 0.0961. The molecule has 1 spiro atoms. The number of hydrogen-bond donors (Lipinski definition) is 3. The Balaban J connectivity index is 1.75. The molecule has 2 heterocycles. The summed E-state index contributed by atoms with van der Waals surface area (Å²) in [6.45, 7) is 6.94. The lowest BCUT2D eigenvalue weighted by molar-refractivity contribution is -0.283. The van der Waals surface area contributed by atoms with Crippen LogP contribution in [0.5, 0.6) is 0 Å². The standard InChI is InChI=1S/C14H27N3O3/c1-10(2)7-12(15)13(18)17-11-8-19-14(20-9-11)3-5-16-6-4-14/h10-12,16H,3-9,15H2,1-2H3,(H,17,18). The molecule has 2 aliphatic rings. The highest BCUT2D eigenvalue weighted by molar-refractivity contribution is 5.81. The van der Waals surface area contributed by atoms with Crippen LogP contribution in [0, 0.1) is 5.92 Å². The Bertz CT molecular complexity index is 320. The maximum absolute atomic E-state index is 12.0. The number of carbonyl (C=O) groups excluding carboxylic acids is 1. The van der Waals surface area contributed by atoms with Gasteiger partial charge in [-0.25, -0.2) is 0 Å². The Morgan fingerprint density at radius 3 is 2.50 bits per heavy atom. The normalized spacial score (nSPS) is 24.8. The quantitative estimate of drug-likeness (QED) is 0.675. The number of carbonyl (C=O) groups is 1. The van der Waals surface area contributed by atoms with E-state index in [1.807, 2.05) is 0 Å². The zero-order valence-electron chi connectivity index (χ0n) is 12.5. The van der Waals surface area contributed by atoms with E-state index in [-0.39, 0.29) is 11.9 Å². The molecule has 0 aromatic rings. The van der Waals surface area contributed by atoms with Gasteiger partial charge < -0.3 is 25.8 Å². The van der Waals surface area contributed by atoms with Crippen molar-refractivity contribution in [2.45, 2.75) is 51.0 Å². The van der Waals surface area contributed by atoms with Crippen LogP contribution >= 0.6 is 0 Å². The molecule has 1 amide bonds. The smallest absolute Gasteiger partial charge is 0.237 e. The van der Waals surface area contributed by atoms with Crippen LogP contribution < -0.4 is 16.4 Å². The maximum Gasteiger partial charge on any atom is 0.237 e. The first-order valence-corrected chi connectivity index (χ1v) is 7.55. The maximum atomic E-state index is 12.0. The topological polar surface area (TPSA) is 85.6 Å². The van der Waals surface area contributed by atoms with Gasteiger partial charge in [0.1, 0.15) is 0 Å². The van der Waals surface area contributed by atoms with Gasteiger partial charge in [0, 0.05) is 25.9 Å². The fraction of sp³-hybridized carbons (Fsp3) is 0.929. The Kier molecular flexibility index (Phi) is 5.37. The van der Waals surface area contributed by atoms with Crippen molar-refractivity contribution in [1.29, 1.82) is 0 Å². The van der Waals surface area contributed by atoms with Crippen molar-refractivity contribution in [3.63, 3.8) is 0 Å². The number of amides is 1. The summed E-state index contributed by atoms with van der Waals surface area (Å²) in [4.78, 5) is 12.0. The molecule has 0 aromatic carbocycles. The number of hydrogen-bond acceptors (Lipinski definition) is 5. The van der Waals surface area contributed by atoms with E-state index in [0.717, 1.165) is 25.9 Å². The van der Waals surface area contributed by atoms with Crippen molar-refractivity contribution < 1.29 is 14.3 Å². The van der Waals surface area contributed by atoms with Gasteiger partial charge in [-0.15, -0.1) is 0 Å². The van der Waals surface area contributed by atoms with Crippen molar-refractivity contribution in [3.8, 4) is 0 Å². The summed E-state index contributed by atoms with van der Waals surface area (Å²) in [7, 11) is 0. The lowest BCUT2D eigenvalue weighted by Crippen LogP contribution is -2.57. The van der Waals surface area contributed by atoms with E-state index in [0.29, 0.717) is 25.6 Å². The molecular weight excluding hydrogens is 258 g/mol. The van der Waals surface area contributed by atoms with Gasteiger partial charge in [0.2, 0.25) is 5.91 Å². The summed E-state index contributed by atoms with van der Waals surface area (Å²) >= 11 is 0. The number of nitrogens with two attached hydrogens (primary N) is 1. The highest BCUT2D eigenvalue weighted by Crippen LogP contribution is 2.28. The van der Waals surface area contributed by atoms with Crippen LogP contribution in [0.25, 0.3) is 0 Å². The Labute approximate surface area is 120 Å². The van der Waals surface area contributed by atoms with Crippen LogP contribution in [0.4, 0.5) is 0 Å². The second-order valence-corrected chi connectivity index (χ2v) is 6.22. The minimum Gasteiger partial charge on any atom is -0.348 e. The predicted octanol–water partition coefficient (Wildman–Crippen LogP) is -0.0289. The van der Waals surface area contributed by atoms with Crippen LogP contribution in [0.2, 0.25) is 0 Å². The molecule has 20 heavy (non-hydrogen) atoms. The molecule has 4 N–H and O–H groups in total. The second kappa shape index (κ2) is 6.85. The molecule has 1 atom stereocenters. The molecule has 0 saturated carbocycles. The fourth-order valence-corrected chi connectivity index (χ4v) is 2.70. The van der Waals surface area contributed by atoms with Crippen molar-refractivity contribution in [2.24, 2.45) is 11.7 Å². The molecular formula is C14H27N3O3. The first-order valence-electron chi connectivity index (χ1n) is 7.55. The van der Waals surface area contributed by atoms with Crippen molar-refractivity contribution >= 4 is 5.91 Å². The molecule has 116 valence electrons. The van der Waals surface area contributed by atoms with E-state index < -0.39 is 11.8 Å². The average Bonchev–Trinajstić information content (AvgIpc) is 2.42. The molecule has 2 rings (SSSR count). The zero-order valence-corrected chi connectivity index (χ0v) is 12.5. The predicted molar refractivity (Wildman–Crippen MR) is 76.1 cm³/mol. The van der Waals surface area contributed by atoms with Crippen LogP contribution in [-0.2, 0) is 14.3 Å². The second-order valence-electron chi connectivity index (χ2n) is 6.22. The third-order valence-electron chi connectivity index (χ3n) is 3.87. The van der Waals surface area contributed by atoms with E-state index in [1.54, 1.807) is 0 Å². The van der Waals surface area contributed by atoms with Gasteiger partial charge in [-0.05, 0) is 12.3 Å². The van der Waals surface area contributed by atoms with E-state index >= 15 is 0 Å². The zero-order chi connectivity index (χ0) is 14.6. The van der Waals surface area contributed by atoms with E-state index in [4.69, 9.17) is 15.2 Å². The Morgan fingerprint density at radius 1 is 1.35 bits per heavy atom. The summed E-state index contributed by atoms with van der Waals surface area (Å²) in [6.07, 6.45) is 2.41. The number of rotatable bonds is 4. The minimum atomic E-state index is -0.454. The van der Waals surface area contributed by atoms with Gasteiger partial charge in [-0.1, -0.05) is 13.8 Å². The highest BCUT2D eigenvalue weighted by atomic mass is 16.7. The molecule has 6 heteroatoms. The lowest BCUT2D eigenvalue weighted by Gasteiger charge is -2.42. The van der Waals surface area contributed by atoms with Gasteiger partial charge in [0.15, 0.2) is 5.79 Å². The van der Waals surface area contributed by atoms with E-state index in [1.165, 1.54) is 0 Å². The molecule has 0 aliphatic carbocycles. The average molecular weight is 285 g/mol. The molecule has 1 unspecified atom stereocenters. The SMILES string of the molecule is CC(C)CC(N)C(=O)NC1COC2(CCNCC2)OC1. The number of ether oxygens (including phenoxy) is 2. The number of nitrogens with one attached hydrogen (secondary N) is 2. The van der Waals surface area contributed by atoms with Crippen molar-refractivity contribution in [2.75, 3.05) is 26.3 Å². The Morgan fingerprint density at radius 2 is 1.95 bits per heavy atom. The molecule has 2 saturated heterocycles. The van der Waals surface area contributed by atoms with Gasteiger partial charge in [0.25, 0.3) is 0 Å². The molecule has 0 radical (unpaired) electrons. The van der Waals surface area contributed by atoms with Crippen LogP contribution in [-0.4, -0.2) is 50.1 Å². The molecule has 0 aromatic heterocycles. The van der Waals surface area contributed by atoms with Gasteiger partial charge in [-0.3, -0.25) is 4.79 Å². The van der Waals surface area contributed by atoms with E-state index in [9.17, 15) is 4.79 Å². The Hall–Kier alpha value is -0.690. The highest BCUT2D eigenvalue weighted by Gasteiger charge is 2.39. The summed E-state index contributed by atoms with van der Waals surface area (Å²) in [6, 6.07) is -0.550. The molecule has 0 bridgehead atoms. The summed E-state index contributed by atoms with van der Waals surface area (Å²) in [5.41, 5.74) is 5.87. The van der Waals surface area contributed by atoms with Crippen LogP contribution in [0.15, 0.2) is 0 Å². The molecule has 2 fully saturated rings. The lowest BCUT2D eigenvalue weighted by atomic mass is 10.0. The number of piperidine rings is 1. The van der Waals surface area contributed by atoms with Gasteiger partial charge in [-0.2, -0.15) is 0 Å². The monoisotopic (exact) mass is 285 g/mol. The van der Waals surface area contributed by atoms with Crippen molar-refractivity contribution in [3.05, 3.63) is 0 Å². The van der Waals surface area contributed by atoms with Crippen LogP contribution in [0.1, 0.15) is 33.1 Å². The molecule has 2 aliphatic heterocycles. The summed E-state index contributed by atoms with van der Waals surface area (Å²) in [5.74, 6) is -0.142. The summed E-state index contributed by atoms with van der Waals surface area (Å²) < 4.78 is 11.7. The molecule has 6 nitrogen and oxygen atoms in total. The van der Waals surface area contributed by atoms with Crippen molar-refractivity contribution in [1.82, 2.24) is 10.6 Å².